The summed E-state index contributed by atoms with van der Waals surface area (Å²) in [6, 6.07) is 2.68. The lowest BCUT2D eigenvalue weighted by molar-refractivity contribution is -0.386. The highest BCUT2D eigenvalue weighted by Gasteiger charge is 2.38. The fourth-order valence-corrected chi connectivity index (χ4v) is 4.14. The Kier molecular flexibility index (Phi) is 5.04. The number of phenols is 1. The van der Waals surface area contributed by atoms with Crippen molar-refractivity contribution >= 4 is 17.3 Å². The molecule has 1 aromatic carbocycles. The molecule has 0 radical (unpaired) electrons. The van der Waals surface area contributed by atoms with Crippen LogP contribution in [0.15, 0.2) is 12.1 Å². The summed E-state index contributed by atoms with van der Waals surface area (Å²) in [6.07, 6.45) is 4.36. The van der Waals surface area contributed by atoms with Crippen molar-refractivity contribution in [2.45, 2.75) is 31.7 Å². The molecular formula is C16H22ClN3O3. The fraction of sp³-hybridized carbons (Fsp3) is 0.625. The predicted molar refractivity (Wildman–Crippen MR) is 88.9 cm³/mol. The Bertz CT molecular complexity index is 584. The van der Waals surface area contributed by atoms with E-state index in [0.29, 0.717) is 11.5 Å². The lowest BCUT2D eigenvalue weighted by Crippen LogP contribution is -2.46. The molecule has 1 aromatic rings. The summed E-state index contributed by atoms with van der Waals surface area (Å²) in [7, 11) is 0. The summed E-state index contributed by atoms with van der Waals surface area (Å²) < 4.78 is 0. The summed E-state index contributed by atoms with van der Waals surface area (Å²) >= 11 is 6.08. The first-order chi connectivity index (χ1) is 11.1. The van der Waals surface area contributed by atoms with Crippen LogP contribution in [0.2, 0.25) is 5.02 Å². The van der Waals surface area contributed by atoms with E-state index in [4.69, 9.17) is 11.6 Å². The van der Waals surface area contributed by atoms with Crippen molar-refractivity contribution in [2.24, 2.45) is 5.92 Å². The zero-order valence-corrected chi connectivity index (χ0v) is 13.8. The average molecular weight is 340 g/mol. The van der Waals surface area contributed by atoms with Gasteiger partial charge in [-0.1, -0.05) is 24.4 Å². The van der Waals surface area contributed by atoms with Crippen LogP contribution >= 0.6 is 11.6 Å². The maximum absolute atomic E-state index is 11.5. The molecule has 0 amide bonds. The second-order valence-corrected chi connectivity index (χ2v) is 6.77. The van der Waals surface area contributed by atoms with Gasteiger partial charge in [0.05, 0.1) is 15.5 Å². The van der Waals surface area contributed by atoms with Gasteiger partial charge in [0, 0.05) is 38.3 Å². The first-order valence-corrected chi connectivity index (χ1v) is 8.58. The number of benzene rings is 1. The first kappa shape index (κ1) is 16.5. The number of piperazine rings is 1. The van der Waals surface area contributed by atoms with E-state index in [2.05, 4.69) is 10.2 Å². The van der Waals surface area contributed by atoms with Crippen LogP contribution < -0.4 is 5.32 Å². The van der Waals surface area contributed by atoms with Crippen LogP contribution in [0.1, 0.15) is 37.3 Å². The molecule has 7 heteroatoms. The molecule has 2 fully saturated rings. The van der Waals surface area contributed by atoms with E-state index in [0.717, 1.165) is 51.9 Å². The lowest BCUT2D eigenvalue weighted by Gasteiger charge is -2.38. The van der Waals surface area contributed by atoms with E-state index < -0.39 is 4.92 Å². The highest BCUT2D eigenvalue weighted by Crippen LogP contribution is 2.47. The Morgan fingerprint density at radius 2 is 1.96 bits per heavy atom. The number of hydrogen-bond acceptors (Lipinski definition) is 5. The molecule has 6 nitrogen and oxygen atoms in total. The third-order valence-corrected chi connectivity index (χ3v) is 5.33. The second kappa shape index (κ2) is 7.03. The van der Waals surface area contributed by atoms with Crippen molar-refractivity contribution in [1.82, 2.24) is 10.2 Å². The molecule has 0 unspecified atom stereocenters. The van der Waals surface area contributed by atoms with Crippen molar-refractivity contribution in [3.8, 4) is 5.75 Å². The van der Waals surface area contributed by atoms with Crippen LogP contribution in [-0.4, -0.2) is 41.1 Å². The molecule has 1 heterocycles. The molecule has 2 N–H and O–H groups in total. The summed E-state index contributed by atoms with van der Waals surface area (Å²) in [5.41, 5.74) is 0.374. The van der Waals surface area contributed by atoms with E-state index in [9.17, 15) is 15.2 Å². The quantitative estimate of drug-likeness (QED) is 0.651. The summed E-state index contributed by atoms with van der Waals surface area (Å²) in [5, 5.41) is 25.5. The van der Waals surface area contributed by atoms with Gasteiger partial charge in [0.25, 0.3) is 5.69 Å². The van der Waals surface area contributed by atoms with Gasteiger partial charge in [-0.3, -0.25) is 15.0 Å². The highest BCUT2D eigenvalue weighted by atomic mass is 35.5. The maximum atomic E-state index is 11.5. The number of nitrogens with zero attached hydrogens (tertiary/aromatic N) is 2. The van der Waals surface area contributed by atoms with Crippen LogP contribution in [0.3, 0.4) is 0 Å². The number of halogens is 1. The van der Waals surface area contributed by atoms with E-state index in [-0.39, 0.29) is 22.5 Å². The van der Waals surface area contributed by atoms with Crippen molar-refractivity contribution in [1.29, 1.82) is 0 Å². The van der Waals surface area contributed by atoms with E-state index in [1.165, 1.54) is 12.1 Å². The van der Waals surface area contributed by atoms with Gasteiger partial charge in [-0.15, -0.1) is 0 Å². The zero-order chi connectivity index (χ0) is 16.4. The Balaban J connectivity index is 2.08. The molecule has 2 aliphatic rings. The van der Waals surface area contributed by atoms with E-state index >= 15 is 0 Å². The molecular weight excluding hydrogens is 318 g/mol. The molecule has 0 bridgehead atoms. The number of nitro benzene ring substituents is 1. The topological polar surface area (TPSA) is 78.6 Å². The number of rotatable bonds is 4. The number of aromatic hydroxyl groups is 1. The molecule has 1 aliphatic carbocycles. The molecule has 3 rings (SSSR count). The van der Waals surface area contributed by atoms with Gasteiger partial charge in [0.15, 0.2) is 0 Å². The largest absolute Gasteiger partial charge is 0.506 e. The van der Waals surface area contributed by atoms with Gasteiger partial charge in [-0.25, -0.2) is 0 Å². The van der Waals surface area contributed by atoms with Gasteiger partial charge in [0.1, 0.15) is 5.75 Å². The minimum atomic E-state index is -0.407. The van der Waals surface area contributed by atoms with Crippen LogP contribution in [0.25, 0.3) is 0 Å². The molecule has 0 spiro atoms. The van der Waals surface area contributed by atoms with E-state index in [1.54, 1.807) is 0 Å². The van der Waals surface area contributed by atoms with Crippen LogP contribution in [0.4, 0.5) is 5.69 Å². The number of nitro groups is 1. The Hall–Kier alpha value is -1.37. The molecule has 1 aliphatic heterocycles. The SMILES string of the molecule is O=[N+]([O-])c1ccc(Cl)c(O)c1[C@@H](C1CCCC1)N1CCNCC1. The summed E-state index contributed by atoms with van der Waals surface area (Å²) in [5.74, 6) is 0.201. The van der Waals surface area contributed by atoms with Gasteiger partial charge >= 0.3 is 0 Å². The standard InChI is InChI=1S/C16H22ClN3O3/c17-12-5-6-13(20(22)23)14(16(12)21)15(11-3-1-2-4-11)19-9-7-18-8-10-19/h5-6,11,15,18,21H,1-4,7-10H2/t15-/m1/s1. The molecule has 0 aromatic heterocycles. The van der Waals surface area contributed by atoms with Crippen molar-refractivity contribution in [3.63, 3.8) is 0 Å². The van der Waals surface area contributed by atoms with Gasteiger partial charge < -0.3 is 10.4 Å². The molecule has 23 heavy (non-hydrogen) atoms. The molecule has 126 valence electrons. The van der Waals surface area contributed by atoms with Crippen molar-refractivity contribution < 1.29 is 10.0 Å². The predicted octanol–water partition coefficient (Wildman–Crippen LogP) is 3.09. The third-order valence-electron chi connectivity index (χ3n) is 5.03. The Morgan fingerprint density at radius 3 is 2.57 bits per heavy atom. The summed E-state index contributed by atoms with van der Waals surface area (Å²) in [4.78, 5) is 13.4. The van der Waals surface area contributed by atoms with Crippen LogP contribution in [0, 0.1) is 16.0 Å². The maximum Gasteiger partial charge on any atom is 0.278 e. The van der Waals surface area contributed by atoms with E-state index in [1.807, 2.05) is 0 Å². The lowest BCUT2D eigenvalue weighted by atomic mass is 9.88. The number of nitrogens with one attached hydrogen (secondary N) is 1. The van der Waals surface area contributed by atoms with Gasteiger partial charge in [-0.2, -0.15) is 0 Å². The Morgan fingerprint density at radius 1 is 1.30 bits per heavy atom. The third kappa shape index (κ3) is 3.29. The zero-order valence-electron chi connectivity index (χ0n) is 13.0. The normalized spacial score (nSPS) is 21.4. The first-order valence-electron chi connectivity index (χ1n) is 8.20. The molecule has 1 atom stereocenters. The summed E-state index contributed by atoms with van der Waals surface area (Å²) in [6.45, 7) is 3.37. The van der Waals surface area contributed by atoms with Crippen molar-refractivity contribution in [2.75, 3.05) is 26.2 Å². The molecule has 1 saturated carbocycles. The highest BCUT2D eigenvalue weighted by molar-refractivity contribution is 6.32. The molecule has 1 saturated heterocycles. The average Bonchev–Trinajstić information content (AvgIpc) is 3.07. The van der Waals surface area contributed by atoms with Crippen LogP contribution in [0.5, 0.6) is 5.75 Å². The number of hydrogen-bond donors (Lipinski definition) is 2. The van der Waals surface area contributed by atoms with Crippen molar-refractivity contribution in [3.05, 3.63) is 32.8 Å². The minimum absolute atomic E-state index is 0.0256. The van der Waals surface area contributed by atoms with Crippen LogP contribution in [-0.2, 0) is 0 Å². The van der Waals surface area contributed by atoms with Gasteiger partial charge in [-0.05, 0) is 24.8 Å². The number of phenolic OH excluding ortho intramolecular Hbond substituents is 1. The van der Waals surface area contributed by atoms with Gasteiger partial charge in [0.2, 0.25) is 0 Å². The monoisotopic (exact) mass is 339 g/mol. The minimum Gasteiger partial charge on any atom is -0.506 e. The smallest absolute Gasteiger partial charge is 0.278 e. The Labute approximate surface area is 140 Å². The fourth-order valence-electron chi connectivity index (χ4n) is 3.97. The second-order valence-electron chi connectivity index (χ2n) is 6.36.